The zero-order valence-corrected chi connectivity index (χ0v) is 10.9. The Morgan fingerprint density at radius 2 is 2.12 bits per heavy atom. The van der Waals surface area contributed by atoms with Crippen molar-refractivity contribution >= 4 is 11.6 Å². The molecule has 1 amide bonds. The number of rotatable bonds is 5. The summed E-state index contributed by atoms with van der Waals surface area (Å²) < 4.78 is 0. The van der Waals surface area contributed by atoms with E-state index in [0.717, 1.165) is 29.7 Å². The minimum atomic E-state index is 0.0688. The van der Waals surface area contributed by atoms with E-state index < -0.39 is 0 Å². The van der Waals surface area contributed by atoms with Crippen LogP contribution in [0.4, 0.5) is 5.69 Å². The Hall–Kier alpha value is -1.35. The lowest BCUT2D eigenvalue weighted by atomic mass is 10.1. The molecule has 0 fully saturated rings. The molecule has 0 aliphatic heterocycles. The number of nitrogens with two attached hydrogens (primary N) is 1. The van der Waals surface area contributed by atoms with Crippen molar-refractivity contribution in [2.45, 2.75) is 46.1 Å². The summed E-state index contributed by atoms with van der Waals surface area (Å²) in [6.45, 7) is 5.98. The van der Waals surface area contributed by atoms with Gasteiger partial charge in [-0.3, -0.25) is 4.79 Å². The molecule has 0 aromatic heterocycles. The highest BCUT2D eigenvalue weighted by Gasteiger charge is 2.05. The van der Waals surface area contributed by atoms with E-state index >= 15 is 0 Å². The molecule has 0 aliphatic carbocycles. The normalized spacial score (nSPS) is 12.2. The molecule has 3 N–H and O–H groups in total. The predicted molar refractivity (Wildman–Crippen MR) is 72.0 cm³/mol. The molecule has 1 aromatic carbocycles. The molecule has 1 unspecified atom stereocenters. The van der Waals surface area contributed by atoms with E-state index in [-0.39, 0.29) is 11.9 Å². The third-order valence-corrected chi connectivity index (χ3v) is 2.73. The van der Waals surface area contributed by atoms with Gasteiger partial charge in [-0.15, -0.1) is 0 Å². The van der Waals surface area contributed by atoms with Gasteiger partial charge in [-0.05, 0) is 50.8 Å². The fraction of sp³-hybridized carbons (Fsp3) is 0.500. The largest absolute Gasteiger partial charge is 0.328 e. The zero-order chi connectivity index (χ0) is 12.8. The fourth-order valence-electron chi connectivity index (χ4n) is 1.67. The molecule has 0 spiro atoms. The quantitative estimate of drug-likeness (QED) is 0.823. The molecule has 0 radical (unpaired) electrons. The first-order valence-corrected chi connectivity index (χ1v) is 6.11. The number of amides is 1. The van der Waals surface area contributed by atoms with Crippen LogP contribution in [-0.2, 0) is 4.79 Å². The van der Waals surface area contributed by atoms with Crippen molar-refractivity contribution in [1.29, 1.82) is 0 Å². The summed E-state index contributed by atoms with van der Waals surface area (Å²) in [4.78, 5) is 11.7. The highest BCUT2D eigenvalue weighted by atomic mass is 16.1. The number of anilines is 1. The van der Waals surface area contributed by atoms with Crippen LogP contribution in [-0.4, -0.2) is 11.9 Å². The minimum absolute atomic E-state index is 0.0688. The fourth-order valence-corrected chi connectivity index (χ4v) is 1.67. The number of benzene rings is 1. The average Bonchev–Trinajstić information content (AvgIpc) is 2.23. The van der Waals surface area contributed by atoms with Crippen molar-refractivity contribution in [2.24, 2.45) is 5.73 Å². The molecule has 0 bridgehead atoms. The molecule has 3 heteroatoms. The summed E-state index contributed by atoms with van der Waals surface area (Å²) in [6, 6.07) is 6.23. The van der Waals surface area contributed by atoms with Crippen LogP contribution in [0.25, 0.3) is 0 Å². The van der Waals surface area contributed by atoms with Crippen molar-refractivity contribution < 1.29 is 4.79 Å². The van der Waals surface area contributed by atoms with E-state index in [9.17, 15) is 4.79 Å². The van der Waals surface area contributed by atoms with Crippen LogP contribution in [0.2, 0.25) is 0 Å². The Morgan fingerprint density at radius 1 is 1.41 bits per heavy atom. The summed E-state index contributed by atoms with van der Waals surface area (Å²) in [5.41, 5.74) is 8.80. The SMILES string of the molecule is Cc1ccc(C)c(NC(=O)CCCC(C)N)c1. The van der Waals surface area contributed by atoms with Gasteiger partial charge in [0.25, 0.3) is 0 Å². The Balaban J connectivity index is 2.47. The molecule has 0 saturated carbocycles. The second-order valence-electron chi connectivity index (χ2n) is 4.74. The van der Waals surface area contributed by atoms with Gasteiger partial charge in [-0.25, -0.2) is 0 Å². The van der Waals surface area contributed by atoms with E-state index in [1.54, 1.807) is 0 Å². The summed E-state index contributed by atoms with van der Waals surface area (Å²) >= 11 is 0. The van der Waals surface area contributed by atoms with Gasteiger partial charge < -0.3 is 11.1 Å². The highest BCUT2D eigenvalue weighted by Crippen LogP contribution is 2.16. The van der Waals surface area contributed by atoms with Gasteiger partial charge in [0.1, 0.15) is 0 Å². The lowest BCUT2D eigenvalue weighted by Gasteiger charge is -2.09. The van der Waals surface area contributed by atoms with E-state index in [2.05, 4.69) is 5.32 Å². The highest BCUT2D eigenvalue weighted by molar-refractivity contribution is 5.91. The minimum Gasteiger partial charge on any atom is -0.328 e. The maximum absolute atomic E-state index is 11.7. The molecule has 94 valence electrons. The number of hydrogen-bond donors (Lipinski definition) is 2. The van der Waals surface area contributed by atoms with Gasteiger partial charge in [0, 0.05) is 18.2 Å². The average molecular weight is 234 g/mol. The Morgan fingerprint density at radius 3 is 2.76 bits per heavy atom. The summed E-state index contributed by atoms with van der Waals surface area (Å²) in [7, 11) is 0. The van der Waals surface area contributed by atoms with Gasteiger partial charge in [0.2, 0.25) is 5.91 Å². The van der Waals surface area contributed by atoms with Gasteiger partial charge in [0.05, 0.1) is 0 Å². The lowest BCUT2D eigenvalue weighted by molar-refractivity contribution is -0.116. The van der Waals surface area contributed by atoms with Crippen LogP contribution in [0.3, 0.4) is 0 Å². The molecule has 1 atom stereocenters. The number of aryl methyl sites for hydroxylation is 2. The third-order valence-electron chi connectivity index (χ3n) is 2.73. The molecule has 0 aliphatic rings. The van der Waals surface area contributed by atoms with E-state index in [1.807, 2.05) is 39.0 Å². The molecular weight excluding hydrogens is 212 g/mol. The first-order valence-electron chi connectivity index (χ1n) is 6.11. The molecule has 0 heterocycles. The second-order valence-corrected chi connectivity index (χ2v) is 4.74. The van der Waals surface area contributed by atoms with Gasteiger partial charge >= 0.3 is 0 Å². The predicted octanol–water partition coefficient (Wildman–Crippen LogP) is 2.76. The molecular formula is C14H22N2O. The zero-order valence-electron chi connectivity index (χ0n) is 10.9. The Bertz CT molecular complexity index is 386. The molecule has 1 rings (SSSR count). The summed E-state index contributed by atoms with van der Waals surface area (Å²) in [5, 5.41) is 2.95. The van der Waals surface area contributed by atoms with Crippen LogP contribution in [0.5, 0.6) is 0 Å². The smallest absolute Gasteiger partial charge is 0.224 e. The van der Waals surface area contributed by atoms with E-state index in [1.165, 1.54) is 0 Å². The van der Waals surface area contributed by atoms with Gasteiger partial charge in [-0.2, -0.15) is 0 Å². The van der Waals surface area contributed by atoms with Crippen molar-refractivity contribution in [1.82, 2.24) is 0 Å². The number of hydrogen-bond acceptors (Lipinski definition) is 2. The van der Waals surface area contributed by atoms with Crippen molar-refractivity contribution in [3.8, 4) is 0 Å². The lowest BCUT2D eigenvalue weighted by Crippen LogP contribution is -2.17. The third kappa shape index (κ3) is 5.00. The van der Waals surface area contributed by atoms with E-state index in [0.29, 0.717) is 6.42 Å². The van der Waals surface area contributed by atoms with Crippen LogP contribution in [0, 0.1) is 13.8 Å². The molecule has 0 saturated heterocycles. The van der Waals surface area contributed by atoms with Crippen LogP contribution in [0.1, 0.15) is 37.3 Å². The van der Waals surface area contributed by atoms with Crippen LogP contribution < -0.4 is 11.1 Å². The van der Waals surface area contributed by atoms with Gasteiger partial charge in [0.15, 0.2) is 0 Å². The van der Waals surface area contributed by atoms with Crippen molar-refractivity contribution in [3.05, 3.63) is 29.3 Å². The first kappa shape index (κ1) is 13.7. The van der Waals surface area contributed by atoms with Crippen LogP contribution >= 0.6 is 0 Å². The van der Waals surface area contributed by atoms with Gasteiger partial charge in [-0.1, -0.05) is 12.1 Å². The van der Waals surface area contributed by atoms with Crippen molar-refractivity contribution in [3.63, 3.8) is 0 Å². The standard InChI is InChI=1S/C14H22N2O/c1-10-7-8-11(2)13(9-10)16-14(17)6-4-5-12(3)15/h7-9,12H,4-6,15H2,1-3H3,(H,16,17). The Labute approximate surface area is 103 Å². The number of carbonyl (C=O) groups excluding carboxylic acids is 1. The van der Waals surface area contributed by atoms with Crippen molar-refractivity contribution in [2.75, 3.05) is 5.32 Å². The second kappa shape index (κ2) is 6.40. The number of nitrogens with one attached hydrogen (secondary N) is 1. The summed E-state index contributed by atoms with van der Waals surface area (Å²) in [5.74, 6) is 0.0688. The first-order chi connectivity index (χ1) is 7.99. The Kier molecular flexibility index (Phi) is 5.16. The topological polar surface area (TPSA) is 55.1 Å². The number of carbonyl (C=O) groups is 1. The maximum atomic E-state index is 11.7. The molecule has 17 heavy (non-hydrogen) atoms. The van der Waals surface area contributed by atoms with E-state index in [4.69, 9.17) is 5.73 Å². The summed E-state index contributed by atoms with van der Waals surface area (Å²) in [6.07, 6.45) is 2.27. The monoisotopic (exact) mass is 234 g/mol. The molecule has 3 nitrogen and oxygen atoms in total. The maximum Gasteiger partial charge on any atom is 0.224 e. The van der Waals surface area contributed by atoms with Crippen LogP contribution in [0.15, 0.2) is 18.2 Å². The molecule has 1 aromatic rings.